The molecule has 2 rings (SSSR count). The van der Waals surface area contributed by atoms with Crippen LogP contribution >= 0.6 is 0 Å². The first-order valence-corrected chi connectivity index (χ1v) is 14.0. The van der Waals surface area contributed by atoms with Crippen LogP contribution in [0.15, 0.2) is 24.3 Å². The Morgan fingerprint density at radius 1 is 1.10 bits per heavy atom. The zero-order valence-electron chi connectivity index (χ0n) is 20.6. The van der Waals surface area contributed by atoms with Gasteiger partial charge in [-0.15, -0.1) is 0 Å². The van der Waals surface area contributed by atoms with Crippen LogP contribution in [0, 0.1) is 5.92 Å². The first-order chi connectivity index (χ1) is 14.4. The Hall–Kier alpha value is -1.41. The van der Waals surface area contributed by atoms with Gasteiger partial charge in [0.25, 0.3) is 0 Å². The first-order valence-electron chi connectivity index (χ1n) is 11.1. The Morgan fingerprint density at radius 2 is 1.71 bits per heavy atom. The van der Waals surface area contributed by atoms with Gasteiger partial charge >= 0.3 is 5.97 Å². The van der Waals surface area contributed by atoms with Gasteiger partial charge in [0.15, 0.2) is 8.32 Å². The van der Waals surface area contributed by atoms with Crippen LogP contribution in [0.4, 0.5) is 0 Å². The fourth-order valence-electron chi connectivity index (χ4n) is 3.63. The van der Waals surface area contributed by atoms with Crippen molar-refractivity contribution >= 4 is 14.3 Å². The number of esters is 1. The second-order valence-corrected chi connectivity index (χ2v) is 14.8. The van der Waals surface area contributed by atoms with E-state index in [1.807, 2.05) is 31.2 Å². The maximum Gasteiger partial charge on any atom is 0.303 e. The lowest BCUT2D eigenvalue weighted by Crippen LogP contribution is -2.59. The van der Waals surface area contributed by atoms with Crippen molar-refractivity contribution in [2.75, 3.05) is 13.7 Å². The average Bonchev–Trinajstić information content (AvgIpc) is 2.67. The normalized spacial score (nSPS) is 27.1. The summed E-state index contributed by atoms with van der Waals surface area (Å²) in [6.07, 6.45) is -1.01. The topological polar surface area (TPSA) is 63.2 Å². The molecule has 1 heterocycles. The van der Waals surface area contributed by atoms with E-state index in [2.05, 4.69) is 40.8 Å². The van der Waals surface area contributed by atoms with E-state index in [-0.39, 0.29) is 35.2 Å². The summed E-state index contributed by atoms with van der Waals surface area (Å²) >= 11 is 0. The molecule has 0 amide bonds. The Balaban J connectivity index is 2.07. The lowest BCUT2D eigenvalue weighted by Gasteiger charge is -2.48. The molecule has 1 fully saturated rings. The SMILES string of the molecule is COc1ccc(COCC2OC(C)C(O[Si](C)(C)C(C)(C)C)C(C)C2OC(C)=O)cc1. The molecular weight excluding hydrogens is 412 g/mol. The number of rotatable bonds is 8. The highest BCUT2D eigenvalue weighted by atomic mass is 28.4. The Morgan fingerprint density at radius 3 is 2.23 bits per heavy atom. The third-order valence-electron chi connectivity index (χ3n) is 6.50. The Bertz CT molecular complexity index is 712. The summed E-state index contributed by atoms with van der Waals surface area (Å²) in [5.74, 6) is 0.488. The third-order valence-corrected chi connectivity index (χ3v) is 11.0. The largest absolute Gasteiger partial charge is 0.497 e. The van der Waals surface area contributed by atoms with Crippen molar-refractivity contribution in [2.24, 2.45) is 5.92 Å². The van der Waals surface area contributed by atoms with Gasteiger partial charge in [0.1, 0.15) is 18.0 Å². The van der Waals surface area contributed by atoms with Gasteiger partial charge < -0.3 is 23.4 Å². The number of hydrogen-bond donors (Lipinski definition) is 0. The number of ether oxygens (including phenoxy) is 4. The minimum absolute atomic E-state index is 0.00337. The third kappa shape index (κ3) is 6.78. The molecule has 0 spiro atoms. The van der Waals surface area contributed by atoms with Crippen molar-refractivity contribution in [3.05, 3.63) is 29.8 Å². The quantitative estimate of drug-likeness (QED) is 0.410. The van der Waals surface area contributed by atoms with Gasteiger partial charge in [-0.3, -0.25) is 4.79 Å². The molecule has 5 unspecified atom stereocenters. The van der Waals surface area contributed by atoms with Gasteiger partial charge in [-0.25, -0.2) is 0 Å². The van der Waals surface area contributed by atoms with Crippen molar-refractivity contribution in [1.82, 2.24) is 0 Å². The van der Waals surface area contributed by atoms with Gasteiger partial charge in [0.2, 0.25) is 0 Å². The number of carbonyl (C=O) groups excluding carboxylic acids is 1. The van der Waals surface area contributed by atoms with Crippen LogP contribution in [0.1, 0.15) is 47.1 Å². The standard InChI is InChI=1S/C24H40O6Si/c1-16-22(30-31(8,9)24(4,5)6)17(2)28-21(23(16)29-18(3)25)15-27-14-19-10-12-20(26-7)13-11-19/h10-13,16-17,21-23H,14-15H2,1-9H3. The number of benzene rings is 1. The summed E-state index contributed by atoms with van der Waals surface area (Å²) in [5.41, 5.74) is 1.04. The van der Waals surface area contributed by atoms with Crippen molar-refractivity contribution in [3.8, 4) is 5.75 Å². The van der Waals surface area contributed by atoms with Crippen LogP contribution in [0.2, 0.25) is 18.1 Å². The molecule has 1 aromatic carbocycles. The zero-order chi connectivity index (χ0) is 23.4. The van der Waals surface area contributed by atoms with Gasteiger partial charge in [-0.1, -0.05) is 39.8 Å². The molecule has 0 saturated carbocycles. The Labute approximate surface area is 188 Å². The molecule has 0 N–H and O–H groups in total. The van der Waals surface area contributed by atoms with E-state index in [1.165, 1.54) is 6.92 Å². The molecule has 6 nitrogen and oxygen atoms in total. The van der Waals surface area contributed by atoms with E-state index < -0.39 is 14.4 Å². The smallest absolute Gasteiger partial charge is 0.303 e. The molecule has 176 valence electrons. The molecule has 5 atom stereocenters. The Kier molecular flexibility index (Phi) is 8.73. The van der Waals surface area contributed by atoms with E-state index in [0.717, 1.165) is 11.3 Å². The lowest BCUT2D eigenvalue weighted by molar-refractivity contribution is -0.215. The van der Waals surface area contributed by atoms with Crippen LogP contribution in [-0.2, 0) is 30.0 Å². The van der Waals surface area contributed by atoms with Gasteiger partial charge in [0, 0.05) is 12.8 Å². The van der Waals surface area contributed by atoms with Crippen molar-refractivity contribution < 1.29 is 28.2 Å². The molecule has 0 bridgehead atoms. The molecule has 1 aliphatic heterocycles. The molecular formula is C24H40O6Si. The van der Waals surface area contributed by atoms with Crippen molar-refractivity contribution in [2.45, 2.75) is 90.7 Å². The number of carbonyl (C=O) groups is 1. The maximum absolute atomic E-state index is 11.8. The first kappa shape index (κ1) is 25.8. The fraction of sp³-hybridized carbons (Fsp3) is 0.708. The van der Waals surface area contributed by atoms with Gasteiger partial charge in [-0.05, 0) is 42.8 Å². The van der Waals surface area contributed by atoms with Crippen molar-refractivity contribution in [3.63, 3.8) is 0 Å². The molecule has 31 heavy (non-hydrogen) atoms. The van der Waals surface area contributed by atoms with E-state index >= 15 is 0 Å². The van der Waals surface area contributed by atoms with E-state index in [9.17, 15) is 4.79 Å². The lowest BCUT2D eigenvalue weighted by atomic mass is 9.88. The van der Waals surface area contributed by atoms with Crippen LogP contribution in [0.5, 0.6) is 5.75 Å². The minimum atomic E-state index is -2.01. The minimum Gasteiger partial charge on any atom is -0.497 e. The van der Waals surface area contributed by atoms with E-state index in [0.29, 0.717) is 13.2 Å². The summed E-state index contributed by atoms with van der Waals surface area (Å²) in [5, 5.41) is 0.0850. The second kappa shape index (κ2) is 10.5. The van der Waals surface area contributed by atoms with Crippen molar-refractivity contribution in [1.29, 1.82) is 0 Å². The van der Waals surface area contributed by atoms with Crippen LogP contribution in [0.3, 0.4) is 0 Å². The van der Waals surface area contributed by atoms with Crippen LogP contribution in [0.25, 0.3) is 0 Å². The monoisotopic (exact) mass is 452 g/mol. The molecule has 1 aliphatic rings. The molecule has 7 heteroatoms. The van der Waals surface area contributed by atoms with E-state index in [1.54, 1.807) is 7.11 Å². The summed E-state index contributed by atoms with van der Waals surface area (Å²) in [6.45, 7) is 17.5. The predicted octanol–water partition coefficient (Wildman–Crippen LogP) is 4.96. The summed E-state index contributed by atoms with van der Waals surface area (Å²) in [7, 11) is -0.362. The summed E-state index contributed by atoms with van der Waals surface area (Å²) < 4.78 is 29.8. The predicted molar refractivity (Wildman–Crippen MR) is 124 cm³/mol. The number of methoxy groups -OCH3 is 1. The van der Waals surface area contributed by atoms with Gasteiger partial charge in [0.05, 0.1) is 32.5 Å². The highest BCUT2D eigenvalue weighted by molar-refractivity contribution is 6.74. The van der Waals surface area contributed by atoms with Gasteiger partial charge in [-0.2, -0.15) is 0 Å². The van der Waals surface area contributed by atoms with E-state index in [4.69, 9.17) is 23.4 Å². The number of hydrogen-bond acceptors (Lipinski definition) is 6. The molecule has 0 radical (unpaired) electrons. The molecule has 1 aromatic rings. The zero-order valence-corrected chi connectivity index (χ0v) is 21.6. The average molecular weight is 453 g/mol. The summed E-state index contributed by atoms with van der Waals surface area (Å²) in [6, 6.07) is 7.76. The molecule has 0 aromatic heterocycles. The highest BCUT2D eigenvalue weighted by Crippen LogP contribution is 2.41. The summed E-state index contributed by atoms with van der Waals surface area (Å²) in [4.78, 5) is 11.8. The highest BCUT2D eigenvalue weighted by Gasteiger charge is 2.48. The molecule has 0 aliphatic carbocycles. The van der Waals surface area contributed by atoms with Crippen LogP contribution < -0.4 is 4.74 Å². The van der Waals surface area contributed by atoms with Crippen LogP contribution in [-0.4, -0.2) is 52.4 Å². The maximum atomic E-state index is 11.8. The molecule has 1 saturated heterocycles. The second-order valence-electron chi connectivity index (χ2n) is 10.0. The fourth-order valence-corrected chi connectivity index (χ4v) is 5.07.